The van der Waals surface area contributed by atoms with Gasteiger partial charge in [-0.05, 0) is 37.0 Å². The van der Waals surface area contributed by atoms with Crippen LogP contribution in [-0.4, -0.2) is 19.2 Å². The van der Waals surface area contributed by atoms with E-state index in [4.69, 9.17) is 4.74 Å². The lowest BCUT2D eigenvalue weighted by atomic mass is 10.1. The standard InChI is InChI=1S/C13H17NO2/c1-3-11-5-6-12(10(2)9-11)14-7-4-8-16-13(14)15/h5-6,9H,3-4,7-8H2,1-2H3. The quantitative estimate of drug-likeness (QED) is 0.765. The second-order valence-corrected chi connectivity index (χ2v) is 4.09. The van der Waals surface area contributed by atoms with Crippen LogP contribution in [0.25, 0.3) is 0 Å². The highest BCUT2D eigenvalue weighted by atomic mass is 16.6. The van der Waals surface area contributed by atoms with Crippen molar-refractivity contribution in [3.8, 4) is 0 Å². The number of amides is 1. The highest BCUT2D eigenvalue weighted by molar-refractivity contribution is 5.89. The molecule has 2 rings (SSSR count). The lowest BCUT2D eigenvalue weighted by Crippen LogP contribution is -2.38. The predicted molar refractivity (Wildman–Crippen MR) is 63.9 cm³/mol. The molecule has 0 aliphatic carbocycles. The zero-order valence-electron chi connectivity index (χ0n) is 9.82. The first-order chi connectivity index (χ1) is 7.72. The number of carbonyl (C=O) groups is 1. The van der Waals surface area contributed by atoms with Gasteiger partial charge in [0.05, 0.1) is 6.61 Å². The molecule has 1 saturated heterocycles. The summed E-state index contributed by atoms with van der Waals surface area (Å²) in [6, 6.07) is 6.22. The van der Waals surface area contributed by atoms with Crippen LogP contribution in [0.2, 0.25) is 0 Å². The van der Waals surface area contributed by atoms with E-state index in [1.807, 2.05) is 13.0 Å². The third-order valence-electron chi connectivity index (χ3n) is 2.93. The molecule has 1 fully saturated rings. The van der Waals surface area contributed by atoms with E-state index in [0.717, 1.165) is 30.6 Å². The predicted octanol–water partition coefficient (Wildman–Crippen LogP) is 2.90. The first-order valence-electron chi connectivity index (χ1n) is 5.76. The van der Waals surface area contributed by atoms with Gasteiger partial charge in [-0.25, -0.2) is 4.79 Å². The topological polar surface area (TPSA) is 29.5 Å². The summed E-state index contributed by atoms with van der Waals surface area (Å²) < 4.78 is 5.04. The molecule has 0 unspecified atom stereocenters. The number of anilines is 1. The van der Waals surface area contributed by atoms with Crippen LogP contribution >= 0.6 is 0 Å². The number of hydrogen-bond acceptors (Lipinski definition) is 2. The van der Waals surface area contributed by atoms with Crippen LogP contribution < -0.4 is 4.90 Å². The fraction of sp³-hybridized carbons (Fsp3) is 0.462. The van der Waals surface area contributed by atoms with E-state index < -0.39 is 0 Å². The minimum atomic E-state index is -0.224. The Morgan fingerprint density at radius 1 is 1.44 bits per heavy atom. The van der Waals surface area contributed by atoms with Crippen LogP contribution in [0.5, 0.6) is 0 Å². The first-order valence-corrected chi connectivity index (χ1v) is 5.76. The average molecular weight is 219 g/mol. The Hall–Kier alpha value is -1.51. The van der Waals surface area contributed by atoms with Crippen molar-refractivity contribution < 1.29 is 9.53 Å². The molecule has 1 aromatic rings. The molecule has 0 radical (unpaired) electrons. The van der Waals surface area contributed by atoms with E-state index in [1.54, 1.807) is 4.90 Å². The summed E-state index contributed by atoms with van der Waals surface area (Å²) in [4.78, 5) is 13.3. The maximum atomic E-state index is 11.6. The summed E-state index contributed by atoms with van der Waals surface area (Å²) in [5.74, 6) is 0. The van der Waals surface area contributed by atoms with E-state index in [-0.39, 0.29) is 6.09 Å². The van der Waals surface area contributed by atoms with E-state index in [2.05, 4.69) is 19.1 Å². The number of benzene rings is 1. The molecular weight excluding hydrogens is 202 g/mol. The molecule has 1 amide bonds. The van der Waals surface area contributed by atoms with Crippen molar-refractivity contribution in [2.75, 3.05) is 18.1 Å². The molecule has 1 aliphatic rings. The maximum Gasteiger partial charge on any atom is 0.414 e. The van der Waals surface area contributed by atoms with Crippen LogP contribution in [0.4, 0.5) is 10.5 Å². The molecule has 1 aromatic carbocycles. The number of ether oxygens (including phenoxy) is 1. The normalized spacial score (nSPS) is 16.1. The Labute approximate surface area is 96.0 Å². The van der Waals surface area contributed by atoms with Crippen molar-refractivity contribution in [1.29, 1.82) is 0 Å². The number of carbonyl (C=O) groups excluding carboxylic acids is 1. The molecule has 0 atom stereocenters. The van der Waals surface area contributed by atoms with E-state index in [0.29, 0.717) is 6.61 Å². The first kappa shape index (κ1) is 11.0. The van der Waals surface area contributed by atoms with E-state index in [9.17, 15) is 4.79 Å². The Balaban J connectivity index is 2.28. The lowest BCUT2D eigenvalue weighted by Gasteiger charge is -2.27. The van der Waals surface area contributed by atoms with Crippen molar-refractivity contribution in [2.24, 2.45) is 0 Å². The molecular formula is C13H17NO2. The van der Waals surface area contributed by atoms with Crippen LogP contribution in [0.1, 0.15) is 24.5 Å². The van der Waals surface area contributed by atoms with Crippen molar-refractivity contribution in [3.63, 3.8) is 0 Å². The van der Waals surface area contributed by atoms with Gasteiger partial charge in [-0.2, -0.15) is 0 Å². The van der Waals surface area contributed by atoms with E-state index >= 15 is 0 Å². The molecule has 0 bridgehead atoms. The summed E-state index contributed by atoms with van der Waals surface area (Å²) in [6.45, 7) is 5.46. The highest BCUT2D eigenvalue weighted by Crippen LogP contribution is 2.24. The maximum absolute atomic E-state index is 11.6. The molecule has 1 aliphatic heterocycles. The number of nitrogens with zero attached hydrogens (tertiary/aromatic N) is 1. The van der Waals surface area contributed by atoms with Gasteiger partial charge in [0.25, 0.3) is 0 Å². The molecule has 3 heteroatoms. The zero-order valence-corrected chi connectivity index (χ0v) is 9.82. The molecule has 3 nitrogen and oxygen atoms in total. The summed E-state index contributed by atoms with van der Waals surface area (Å²) >= 11 is 0. The Morgan fingerprint density at radius 3 is 2.88 bits per heavy atom. The molecule has 86 valence electrons. The van der Waals surface area contributed by atoms with E-state index in [1.165, 1.54) is 5.56 Å². The van der Waals surface area contributed by atoms with Crippen molar-refractivity contribution in [2.45, 2.75) is 26.7 Å². The molecule has 0 saturated carbocycles. The third kappa shape index (κ3) is 2.03. The van der Waals surface area contributed by atoms with Crippen LogP contribution in [0.15, 0.2) is 18.2 Å². The molecule has 0 spiro atoms. The second-order valence-electron chi connectivity index (χ2n) is 4.09. The van der Waals surface area contributed by atoms with Crippen molar-refractivity contribution in [1.82, 2.24) is 0 Å². The van der Waals surface area contributed by atoms with Gasteiger partial charge in [-0.15, -0.1) is 0 Å². The molecule has 1 heterocycles. The van der Waals surface area contributed by atoms with Gasteiger partial charge in [0.1, 0.15) is 0 Å². The average Bonchev–Trinajstić information content (AvgIpc) is 2.30. The fourth-order valence-corrected chi connectivity index (χ4v) is 2.01. The lowest BCUT2D eigenvalue weighted by molar-refractivity contribution is 0.140. The third-order valence-corrected chi connectivity index (χ3v) is 2.93. The minimum absolute atomic E-state index is 0.224. The summed E-state index contributed by atoms with van der Waals surface area (Å²) in [7, 11) is 0. The number of aryl methyl sites for hydroxylation is 2. The van der Waals surface area contributed by atoms with Crippen molar-refractivity contribution in [3.05, 3.63) is 29.3 Å². The second kappa shape index (κ2) is 4.56. The monoisotopic (exact) mass is 219 g/mol. The number of rotatable bonds is 2. The van der Waals surface area contributed by atoms with Gasteiger partial charge in [0.2, 0.25) is 0 Å². The van der Waals surface area contributed by atoms with Crippen LogP contribution in [0, 0.1) is 6.92 Å². The van der Waals surface area contributed by atoms with Gasteiger partial charge in [-0.1, -0.05) is 19.1 Å². The summed E-state index contributed by atoms with van der Waals surface area (Å²) in [5, 5.41) is 0. The molecule has 16 heavy (non-hydrogen) atoms. The largest absolute Gasteiger partial charge is 0.449 e. The minimum Gasteiger partial charge on any atom is -0.449 e. The van der Waals surface area contributed by atoms with Crippen LogP contribution in [0.3, 0.4) is 0 Å². The Bertz CT molecular complexity index is 401. The summed E-state index contributed by atoms with van der Waals surface area (Å²) in [5.41, 5.74) is 3.41. The van der Waals surface area contributed by atoms with Crippen LogP contribution in [-0.2, 0) is 11.2 Å². The Morgan fingerprint density at radius 2 is 2.25 bits per heavy atom. The molecule has 0 aromatic heterocycles. The molecule has 0 N–H and O–H groups in total. The zero-order chi connectivity index (χ0) is 11.5. The van der Waals surface area contributed by atoms with Gasteiger partial charge in [-0.3, -0.25) is 4.90 Å². The highest BCUT2D eigenvalue weighted by Gasteiger charge is 2.22. The van der Waals surface area contributed by atoms with Gasteiger partial charge >= 0.3 is 6.09 Å². The Kier molecular flexibility index (Phi) is 3.13. The summed E-state index contributed by atoms with van der Waals surface area (Å²) in [6.07, 6.45) is 1.70. The number of cyclic esters (lactones) is 1. The SMILES string of the molecule is CCc1ccc(N2CCCOC2=O)c(C)c1. The van der Waals surface area contributed by atoms with Crippen molar-refractivity contribution >= 4 is 11.8 Å². The van der Waals surface area contributed by atoms with Gasteiger partial charge in [0, 0.05) is 12.2 Å². The number of hydrogen-bond donors (Lipinski definition) is 0. The van der Waals surface area contributed by atoms with Gasteiger partial charge < -0.3 is 4.74 Å². The fourth-order valence-electron chi connectivity index (χ4n) is 2.01. The smallest absolute Gasteiger partial charge is 0.414 e. The van der Waals surface area contributed by atoms with Gasteiger partial charge in [0.15, 0.2) is 0 Å².